The Labute approximate surface area is 114 Å². The van der Waals surface area contributed by atoms with Gasteiger partial charge in [-0.05, 0) is 65.1 Å². The van der Waals surface area contributed by atoms with Gasteiger partial charge >= 0.3 is 0 Å². The summed E-state index contributed by atoms with van der Waals surface area (Å²) in [6.07, 6.45) is 10.00. The molecule has 1 N–H and O–H groups in total. The Balaban J connectivity index is 1.91. The average molecular weight is 252 g/mol. The van der Waals surface area contributed by atoms with E-state index >= 15 is 0 Å². The van der Waals surface area contributed by atoms with Gasteiger partial charge in [-0.15, -0.1) is 0 Å². The maximum absolute atomic E-state index is 3.76. The summed E-state index contributed by atoms with van der Waals surface area (Å²) >= 11 is 0. The summed E-state index contributed by atoms with van der Waals surface area (Å²) in [4.78, 5) is 2.73. The smallest absolute Gasteiger partial charge is 0.0306 e. The lowest BCUT2D eigenvalue weighted by molar-refractivity contribution is 0.0576. The Kier molecular flexibility index (Phi) is 5.08. The molecule has 1 aliphatic carbocycles. The maximum Gasteiger partial charge on any atom is 0.0306 e. The van der Waals surface area contributed by atoms with Crippen molar-refractivity contribution in [2.45, 2.75) is 77.3 Å². The largest absolute Gasteiger partial charge is 0.312 e. The lowest BCUT2D eigenvalue weighted by atomic mass is 9.86. The van der Waals surface area contributed by atoms with Crippen LogP contribution in [-0.2, 0) is 0 Å². The first-order chi connectivity index (χ1) is 8.64. The predicted molar refractivity (Wildman–Crippen MR) is 78.9 cm³/mol. The third-order valence-electron chi connectivity index (χ3n) is 5.03. The van der Waals surface area contributed by atoms with Gasteiger partial charge in [-0.25, -0.2) is 0 Å². The summed E-state index contributed by atoms with van der Waals surface area (Å²) in [5, 5.41) is 3.76. The zero-order chi connectivity index (χ0) is 13.0. The Morgan fingerprint density at radius 1 is 1.17 bits per heavy atom. The Morgan fingerprint density at radius 2 is 1.83 bits per heavy atom. The van der Waals surface area contributed by atoms with Crippen molar-refractivity contribution >= 4 is 0 Å². The zero-order valence-corrected chi connectivity index (χ0v) is 12.7. The second-order valence-corrected chi connectivity index (χ2v) is 6.83. The first-order valence-electron chi connectivity index (χ1n) is 8.13. The monoisotopic (exact) mass is 252 g/mol. The molecule has 1 saturated heterocycles. The van der Waals surface area contributed by atoms with Crippen LogP contribution in [0.4, 0.5) is 0 Å². The van der Waals surface area contributed by atoms with Gasteiger partial charge in [0.25, 0.3) is 0 Å². The number of hydrogen-bond acceptors (Lipinski definition) is 2. The van der Waals surface area contributed by atoms with E-state index in [9.17, 15) is 0 Å². The number of nitrogens with one attached hydrogen (secondary N) is 1. The summed E-state index contributed by atoms with van der Waals surface area (Å²) in [6.45, 7) is 10.9. The molecule has 2 nitrogen and oxygen atoms in total. The highest BCUT2D eigenvalue weighted by molar-refractivity contribution is 4.95. The molecule has 2 fully saturated rings. The molecule has 2 rings (SSSR count). The van der Waals surface area contributed by atoms with Crippen LogP contribution in [0.25, 0.3) is 0 Å². The molecule has 106 valence electrons. The van der Waals surface area contributed by atoms with Crippen molar-refractivity contribution in [3.8, 4) is 0 Å². The third-order valence-corrected chi connectivity index (χ3v) is 5.03. The van der Waals surface area contributed by atoms with E-state index in [0.717, 1.165) is 12.5 Å². The molecule has 1 aliphatic heterocycles. The van der Waals surface area contributed by atoms with Crippen LogP contribution < -0.4 is 5.32 Å². The van der Waals surface area contributed by atoms with E-state index in [1.807, 2.05) is 0 Å². The molecule has 0 radical (unpaired) electrons. The Hall–Kier alpha value is -0.0800. The van der Waals surface area contributed by atoms with Crippen molar-refractivity contribution in [3.63, 3.8) is 0 Å². The normalized spacial score (nSPS) is 24.2. The second kappa shape index (κ2) is 6.38. The molecule has 0 amide bonds. The fourth-order valence-corrected chi connectivity index (χ4v) is 3.45. The van der Waals surface area contributed by atoms with Crippen molar-refractivity contribution in [1.29, 1.82) is 0 Å². The summed E-state index contributed by atoms with van der Waals surface area (Å²) < 4.78 is 0. The van der Waals surface area contributed by atoms with Crippen molar-refractivity contribution < 1.29 is 0 Å². The number of piperidine rings is 1. The molecule has 0 aromatic rings. The van der Waals surface area contributed by atoms with Gasteiger partial charge in [0.05, 0.1) is 0 Å². The second-order valence-electron chi connectivity index (χ2n) is 6.83. The highest BCUT2D eigenvalue weighted by Gasteiger charge is 2.36. The quantitative estimate of drug-likeness (QED) is 0.747. The van der Waals surface area contributed by atoms with Crippen LogP contribution in [0.2, 0.25) is 0 Å². The van der Waals surface area contributed by atoms with Crippen LogP contribution in [0.15, 0.2) is 0 Å². The highest BCUT2D eigenvalue weighted by atomic mass is 15.2. The first-order valence-corrected chi connectivity index (χ1v) is 8.13. The van der Waals surface area contributed by atoms with Gasteiger partial charge in [-0.2, -0.15) is 0 Å². The minimum Gasteiger partial charge on any atom is -0.312 e. The first kappa shape index (κ1) is 14.3. The van der Waals surface area contributed by atoms with Crippen molar-refractivity contribution in [2.24, 2.45) is 5.92 Å². The molecule has 0 aromatic heterocycles. The maximum atomic E-state index is 3.76. The fraction of sp³-hybridized carbons (Fsp3) is 1.00. The van der Waals surface area contributed by atoms with Crippen LogP contribution in [0, 0.1) is 5.92 Å². The van der Waals surface area contributed by atoms with Crippen molar-refractivity contribution in [1.82, 2.24) is 10.2 Å². The highest BCUT2D eigenvalue weighted by Crippen LogP contribution is 2.36. The summed E-state index contributed by atoms with van der Waals surface area (Å²) in [7, 11) is 0. The minimum atomic E-state index is 0.325. The van der Waals surface area contributed by atoms with Crippen LogP contribution >= 0.6 is 0 Å². The van der Waals surface area contributed by atoms with Crippen molar-refractivity contribution in [3.05, 3.63) is 0 Å². The van der Waals surface area contributed by atoms with Crippen molar-refractivity contribution in [2.75, 3.05) is 19.6 Å². The fourth-order valence-electron chi connectivity index (χ4n) is 3.45. The van der Waals surface area contributed by atoms with E-state index in [2.05, 4.69) is 31.0 Å². The van der Waals surface area contributed by atoms with E-state index in [4.69, 9.17) is 0 Å². The lowest BCUT2D eigenvalue weighted by Crippen LogP contribution is -2.59. The molecule has 0 bridgehead atoms. The van der Waals surface area contributed by atoms with Gasteiger partial charge in [0.2, 0.25) is 0 Å². The van der Waals surface area contributed by atoms with Crippen LogP contribution in [0.1, 0.15) is 65.7 Å². The van der Waals surface area contributed by atoms with Gasteiger partial charge in [0.1, 0.15) is 0 Å². The zero-order valence-electron chi connectivity index (χ0n) is 12.7. The number of likely N-dealkylation sites (tertiary alicyclic amines) is 1. The lowest BCUT2D eigenvalue weighted by Gasteiger charge is -2.46. The summed E-state index contributed by atoms with van der Waals surface area (Å²) in [5.41, 5.74) is 0.325. The molecular formula is C16H32N2. The van der Waals surface area contributed by atoms with Gasteiger partial charge in [0.15, 0.2) is 0 Å². The number of nitrogens with zero attached hydrogens (tertiary/aromatic N) is 1. The van der Waals surface area contributed by atoms with Crippen LogP contribution in [0.3, 0.4) is 0 Å². The van der Waals surface area contributed by atoms with E-state index in [0.29, 0.717) is 11.6 Å². The molecule has 18 heavy (non-hydrogen) atoms. The SMILES string of the molecule is CCNC(CCC1CC1)C(C)(C)N1CCCCC1. The number of rotatable bonds is 7. The van der Waals surface area contributed by atoms with Gasteiger partial charge in [-0.3, -0.25) is 4.90 Å². The van der Waals surface area contributed by atoms with Crippen LogP contribution in [-0.4, -0.2) is 36.1 Å². The summed E-state index contributed by atoms with van der Waals surface area (Å²) in [5.74, 6) is 1.06. The standard InChI is InChI=1S/C16H32N2/c1-4-17-15(11-10-14-8-9-14)16(2,3)18-12-6-5-7-13-18/h14-15,17H,4-13H2,1-3H3. The molecule has 0 aromatic carbocycles. The minimum absolute atomic E-state index is 0.325. The molecule has 2 aliphatic rings. The molecular weight excluding hydrogens is 220 g/mol. The number of likely N-dealkylation sites (N-methyl/N-ethyl adjacent to an activating group) is 1. The Bertz CT molecular complexity index is 239. The average Bonchev–Trinajstić information content (AvgIpc) is 3.19. The third kappa shape index (κ3) is 3.71. The predicted octanol–water partition coefficient (Wildman–Crippen LogP) is 3.42. The van der Waals surface area contributed by atoms with E-state index in [-0.39, 0.29) is 0 Å². The van der Waals surface area contributed by atoms with E-state index < -0.39 is 0 Å². The van der Waals surface area contributed by atoms with Crippen LogP contribution in [0.5, 0.6) is 0 Å². The summed E-state index contributed by atoms with van der Waals surface area (Å²) in [6, 6.07) is 0.668. The van der Waals surface area contributed by atoms with E-state index in [1.165, 1.54) is 58.0 Å². The topological polar surface area (TPSA) is 15.3 Å². The molecule has 1 atom stereocenters. The molecule has 1 heterocycles. The van der Waals surface area contributed by atoms with Gasteiger partial charge in [-0.1, -0.05) is 26.2 Å². The van der Waals surface area contributed by atoms with Gasteiger partial charge in [0, 0.05) is 11.6 Å². The Morgan fingerprint density at radius 3 is 2.39 bits per heavy atom. The molecule has 0 spiro atoms. The molecule has 1 unspecified atom stereocenters. The molecule has 2 heteroatoms. The molecule has 1 saturated carbocycles. The van der Waals surface area contributed by atoms with E-state index in [1.54, 1.807) is 0 Å². The number of hydrogen-bond donors (Lipinski definition) is 1. The van der Waals surface area contributed by atoms with Gasteiger partial charge < -0.3 is 5.32 Å².